The standard InChI is InChI=1S/C14H17NOS/c1-15(10-12-6-4-3-5-7-12)11-14-13(16-2)8-9-17-14/h3-9H,10-11H2,1-2H3. The van der Waals surface area contributed by atoms with Crippen LogP contribution >= 0.6 is 11.3 Å². The Morgan fingerprint density at radius 2 is 1.88 bits per heavy atom. The molecular weight excluding hydrogens is 230 g/mol. The second-order valence-electron chi connectivity index (χ2n) is 4.07. The summed E-state index contributed by atoms with van der Waals surface area (Å²) in [4.78, 5) is 3.58. The molecule has 0 N–H and O–H groups in total. The third-order valence-corrected chi connectivity index (χ3v) is 3.52. The molecule has 0 saturated carbocycles. The molecule has 1 aromatic carbocycles. The van der Waals surface area contributed by atoms with Gasteiger partial charge in [0.2, 0.25) is 0 Å². The molecule has 0 aliphatic rings. The van der Waals surface area contributed by atoms with Crippen LogP contribution in [0.1, 0.15) is 10.4 Å². The summed E-state index contributed by atoms with van der Waals surface area (Å²) in [6, 6.07) is 12.5. The molecule has 2 aromatic rings. The number of methoxy groups -OCH3 is 1. The average Bonchev–Trinajstić information content (AvgIpc) is 2.77. The second-order valence-corrected chi connectivity index (χ2v) is 5.07. The lowest BCUT2D eigenvalue weighted by atomic mass is 10.2. The number of ether oxygens (including phenoxy) is 1. The lowest BCUT2D eigenvalue weighted by Crippen LogP contribution is -2.16. The van der Waals surface area contributed by atoms with Crippen LogP contribution in [-0.4, -0.2) is 19.1 Å². The molecule has 0 unspecified atom stereocenters. The van der Waals surface area contributed by atoms with Crippen molar-refractivity contribution in [3.8, 4) is 5.75 Å². The van der Waals surface area contributed by atoms with E-state index in [1.165, 1.54) is 10.4 Å². The lowest BCUT2D eigenvalue weighted by molar-refractivity contribution is 0.314. The van der Waals surface area contributed by atoms with Crippen molar-refractivity contribution in [3.63, 3.8) is 0 Å². The maximum atomic E-state index is 5.32. The van der Waals surface area contributed by atoms with E-state index in [0.29, 0.717) is 0 Å². The van der Waals surface area contributed by atoms with Gasteiger partial charge >= 0.3 is 0 Å². The van der Waals surface area contributed by atoms with Crippen molar-refractivity contribution in [1.82, 2.24) is 4.90 Å². The largest absolute Gasteiger partial charge is 0.496 e. The first-order valence-electron chi connectivity index (χ1n) is 5.62. The van der Waals surface area contributed by atoms with E-state index < -0.39 is 0 Å². The van der Waals surface area contributed by atoms with E-state index in [1.807, 2.05) is 12.1 Å². The molecule has 1 heterocycles. The zero-order valence-corrected chi connectivity index (χ0v) is 11.0. The summed E-state index contributed by atoms with van der Waals surface area (Å²) in [6.07, 6.45) is 0. The molecule has 1 aromatic heterocycles. The molecule has 0 radical (unpaired) electrons. The first kappa shape index (κ1) is 12.1. The van der Waals surface area contributed by atoms with Gasteiger partial charge in [0.05, 0.1) is 12.0 Å². The summed E-state index contributed by atoms with van der Waals surface area (Å²) in [5.41, 5.74) is 1.34. The van der Waals surface area contributed by atoms with E-state index in [2.05, 4.69) is 41.6 Å². The van der Waals surface area contributed by atoms with Gasteiger partial charge < -0.3 is 4.74 Å². The Morgan fingerprint density at radius 3 is 2.59 bits per heavy atom. The van der Waals surface area contributed by atoms with Gasteiger partial charge in [-0.25, -0.2) is 0 Å². The van der Waals surface area contributed by atoms with Crippen molar-refractivity contribution in [1.29, 1.82) is 0 Å². The molecule has 0 aliphatic carbocycles. The van der Waals surface area contributed by atoms with E-state index in [1.54, 1.807) is 18.4 Å². The normalized spacial score (nSPS) is 10.8. The summed E-state index contributed by atoms with van der Waals surface area (Å²) in [5.74, 6) is 0.995. The van der Waals surface area contributed by atoms with Crippen molar-refractivity contribution in [2.75, 3.05) is 14.2 Å². The summed E-state index contributed by atoms with van der Waals surface area (Å²) >= 11 is 1.75. The quantitative estimate of drug-likeness (QED) is 0.803. The van der Waals surface area contributed by atoms with Crippen LogP contribution in [0.15, 0.2) is 41.8 Å². The van der Waals surface area contributed by atoms with Crippen LogP contribution in [0.2, 0.25) is 0 Å². The van der Waals surface area contributed by atoms with Gasteiger partial charge in [0.1, 0.15) is 5.75 Å². The van der Waals surface area contributed by atoms with Crippen molar-refractivity contribution < 1.29 is 4.74 Å². The van der Waals surface area contributed by atoms with Gasteiger partial charge in [-0.3, -0.25) is 4.90 Å². The van der Waals surface area contributed by atoms with E-state index in [9.17, 15) is 0 Å². The van der Waals surface area contributed by atoms with Gasteiger partial charge in [0, 0.05) is 13.1 Å². The number of hydrogen-bond donors (Lipinski definition) is 0. The van der Waals surface area contributed by atoms with Gasteiger partial charge in [-0.15, -0.1) is 11.3 Å². The van der Waals surface area contributed by atoms with E-state index >= 15 is 0 Å². The highest BCUT2D eigenvalue weighted by Gasteiger charge is 2.07. The fraction of sp³-hybridized carbons (Fsp3) is 0.286. The molecule has 0 atom stereocenters. The molecule has 0 amide bonds. The molecule has 3 heteroatoms. The number of hydrogen-bond acceptors (Lipinski definition) is 3. The van der Waals surface area contributed by atoms with Gasteiger partial charge in [-0.2, -0.15) is 0 Å². The van der Waals surface area contributed by atoms with Crippen molar-refractivity contribution in [2.24, 2.45) is 0 Å². The number of rotatable bonds is 5. The maximum absolute atomic E-state index is 5.32. The molecule has 17 heavy (non-hydrogen) atoms. The van der Waals surface area contributed by atoms with Gasteiger partial charge in [-0.05, 0) is 24.1 Å². The van der Waals surface area contributed by atoms with E-state index in [0.717, 1.165) is 18.8 Å². The minimum absolute atomic E-state index is 0.926. The number of thiophene rings is 1. The average molecular weight is 247 g/mol. The van der Waals surface area contributed by atoms with Crippen LogP contribution < -0.4 is 4.74 Å². The van der Waals surface area contributed by atoms with E-state index in [4.69, 9.17) is 4.74 Å². The predicted molar refractivity (Wildman–Crippen MR) is 72.5 cm³/mol. The van der Waals surface area contributed by atoms with Crippen molar-refractivity contribution in [3.05, 3.63) is 52.2 Å². The maximum Gasteiger partial charge on any atom is 0.134 e. The Morgan fingerprint density at radius 1 is 1.12 bits per heavy atom. The first-order valence-corrected chi connectivity index (χ1v) is 6.50. The van der Waals surface area contributed by atoms with Crippen molar-refractivity contribution >= 4 is 11.3 Å². The Kier molecular flexibility index (Phi) is 4.18. The topological polar surface area (TPSA) is 12.5 Å². The third kappa shape index (κ3) is 3.32. The van der Waals surface area contributed by atoms with Crippen LogP contribution in [-0.2, 0) is 13.1 Å². The fourth-order valence-corrected chi connectivity index (χ4v) is 2.74. The van der Waals surface area contributed by atoms with Gasteiger partial charge in [0.15, 0.2) is 0 Å². The van der Waals surface area contributed by atoms with Crippen LogP contribution in [0.4, 0.5) is 0 Å². The molecule has 2 rings (SSSR count). The molecule has 0 aliphatic heterocycles. The van der Waals surface area contributed by atoms with Crippen LogP contribution in [0, 0.1) is 0 Å². The minimum Gasteiger partial charge on any atom is -0.496 e. The molecule has 2 nitrogen and oxygen atoms in total. The zero-order valence-electron chi connectivity index (χ0n) is 10.2. The Balaban J connectivity index is 1.96. The third-order valence-electron chi connectivity index (χ3n) is 2.63. The Hall–Kier alpha value is -1.32. The Labute approximate surface area is 106 Å². The second kappa shape index (κ2) is 5.84. The van der Waals surface area contributed by atoms with Crippen molar-refractivity contribution in [2.45, 2.75) is 13.1 Å². The highest BCUT2D eigenvalue weighted by Crippen LogP contribution is 2.25. The highest BCUT2D eigenvalue weighted by molar-refractivity contribution is 7.10. The summed E-state index contributed by atoms with van der Waals surface area (Å²) in [5, 5.41) is 2.07. The first-order chi connectivity index (χ1) is 8.29. The molecule has 90 valence electrons. The van der Waals surface area contributed by atoms with Gasteiger partial charge in [-0.1, -0.05) is 30.3 Å². The molecule has 0 spiro atoms. The summed E-state index contributed by atoms with van der Waals surface area (Å²) in [7, 11) is 3.86. The van der Waals surface area contributed by atoms with Gasteiger partial charge in [0.25, 0.3) is 0 Å². The zero-order chi connectivity index (χ0) is 12.1. The minimum atomic E-state index is 0.926. The van der Waals surface area contributed by atoms with E-state index in [-0.39, 0.29) is 0 Å². The summed E-state index contributed by atoms with van der Waals surface area (Å²) < 4.78 is 5.32. The monoisotopic (exact) mass is 247 g/mol. The van der Waals surface area contributed by atoms with Crippen LogP contribution in [0.3, 0.4) is 0 Å². The van der Waals surface area contributed by atoms with Crippen LogP contribution in [0.5, 0.6) is 5.75 Å². The number of benzene rings is 1. The molecule has 0 fully saturated rings. The SMILES string of the molecule is COc1ccsc1CN(C)Cc1ccccc1. The lowest BCUT2D eigenvalue weighted by Gasteiger charge is -2.16. The smallest absolute Gasteiger partial charge is 0.134 e. The number of nitrogens with zero attached hydrogens (tertiary/aromatic N) is 1. The Bertz CT molecular complexity index is 452. The summed E-state index contributed by atoms with van der Waals surface area (Å²) in [6.45, 7) is 1.89. The molecular formula is C14H17NOS. The highest BCUT2D eigenvalue weighted by atomic mass is 32.1. The molecule has 0 saturated heterocycles. The molecule has 0 bridgehead atoms. The fourth-order valence-electron chi connectivity index (χ4n) is 1.82. The van der Waals surface area contributed by atoms with Crippen LogP contribution in [0.25, 0.3) is 0 Å². The predicted octanol–water partition coefficient (Wildman–Crippen LogP) is 3.39.